The molecule has 15 heavy (non-hydrogen) atoms. The number of halogens is 2. The molecule has 2 heterocycles. The Bertz CT molecular complexity index is 253. The molecule has 2 rings (SSSR count). The first kappa shape index (κ1) is 14.5. The topological polar surface area (TPSA) is 34.1 Å². The van der Waals surface area contributed by atoms with E-state index in [1.54, 1.807) is 12.4 Å². The van der Waals surface area contributed by atoms with Gasteiger partial charge < -0.3 is 10.1 Å². The molecule has 86 valence electrons. The minimum Gasteiger partial charge on any atom is -0.490 e. The van der Waals surface area contributed by atoms with Crippen LogP contribution in [0.2, 0.25) is 0 Å². The van der Waals surface area contributed by atoms with Crippen LogP contribution in [-0.4, -0.2) is 24.2 Å². The molecule has 0 amide bonds. The van der Waals surface area contributed by atoms with Crippen LogP contribution < -0.4 is 10.1 Å². The molecule has 1 aliphatic heterocycles. The van der Waals surface area contributed by atoms with Crippen molar-refractivity contribution in [3.05, 3.63) is 24.5 Å². The number of rotatable bonds is 2. The molecule has 0 bridgehead atoms. The fraction of sp³-hybridized carbons (Fsp3) is 0.500. The summed E-state index contributed by atoms with van der Waals surface area (Å²) in [5.74, 6) is 0.932. The summed E-state index contributed by atoms with van der Waals surface area (Å²) in [6.45, 7) is 2.13. The van der Waals surface area contributed by atoms with Gasteiger partial charge in [-0.2, -0.15) is 0 Å². The van der Waals surface area contributed by atoms with Crippen LogP contribution in [0.15, 0.2) is 24.5 Å². The molecule has 0 spiro atoms. The Balaban J connectivity index is 0.000000980. The van der Waals surface area contributed by atoms with Gasteiger partial charge in [-0.05, 0) is 38.1 Å². The van der Waals surface area contributed by atoms with Crippen molar-refractivity contribution >= 4 is 24.8 Å². The maximum atomic E-state index is 5.78. The van der Waals surface area contributed by atoms with Gasteiger partial charge in [-0.1, -0.05) is 0 Å². The lowest BCUT2D eigenvalue weighted by Gasteiger charge is -2.23. The lowest BCUT2D eigenvalue weighted by Crippen LogP contribution is -2.34. The Morgan fingerprint density at radius 1 is 1.13 bits per heavy atom. The Morgan fingerprint density at radius 2 is 1.73 bits per heavy atom. The van der Waals surface area contributed by atoms with Crippen LogP contribution in [0.4, 0.5) is 0 Å². The SMILES string of the molecule is Cl.Cl.c1cc(OC2CCNCC2)ccn1. The summed E-state index contributed by atoms with van der Waals surface area (Å²) >= 11 is 0. The van der Waals surface area contributed by atoms with E-state index in [1.807, 2.05) is 12.1 Å². The van der Waals surface area contributed by atoms with Gasteiger partial charge in [0.15, 0.2) is 0 Å². The van der Waals surface area contributed by atoms with Crippen molar-refractivity contribution in [3.8, 4) is 5.75 Å². The summed E-state index contributed by atoms with van der Waals surface area (Å²) in [6.07, 6.45) is 6.10. The Hall–Kier alpha value is -0.510. The fourth-order valence-electron chi connectivity index (χ4n) is 1.52. The summed E-state index contributed by atoms with van der Waals surface area (Å²) in [4.78, 5) is 3.95. The first-order valence-corrected chi connectivity index (χ1v) is 4.72. The second-order valence-corrected chi connectivity index (χ2v) is 3.25. The first-order valence-electron chi connectivity index (χ1n) is 4.72. The zero-order valence-electron chi connectivity index (χ0n) is 8.39. The Morgan fingerprint density at radius 3 is 2.33 bits per heavy atom. The summed E-state index contributed by atoms with van der Waals surface area (Å²) in [6, 6.07) is 3.81. The lowest BCUT2D eigenvalue weighted by atomic mass is 10.1. The van der Waals surface area contributed by atoms with Gasteiger partial charge in [0.2, 0.25) is 0 Å². The third kappa shape index (κ3) is 4.69. The van der Waals surface area contributed by atoms with Crippen LogP contribution in [0, 0.1) is 0 Å². The van der Waals surface area contributed by atoms with E-state index >= 15 is 0 Å². The molecule has 1 aromatic heterocycles. The van der Waals surface area contributed by atoms with Crippen LogP contribution >= 0.6 is 24.8 Å². The second kappa shape index (κ2) is 7.74. The van der Waals surface area contributed by atoms with E-state index in [-0.39, 0.29) is 24.8 Å². The van der Waals surface area contributed by atoms with E-state index in [4.69, 9.17) is 4.74 Å². The third-order valence-corrected chi connectivity index (χ3v) is 2.24. The molecule has 0 atom stereocenters. The highest BCUT2D eigenvalue weighted by atomic mass is 35.5. The van der Waals surface area contributed by atoms with Crippen LogP contribution in [0.25, 0.3) is 0 Å². The Labute approximate surface area is 102 Å². The van der Waals surface area contributed by atoms with Crippen molar-refractivity contribution in [2.75, 3.05) is 13.1 Å². The number of ether oxygens (including phenoxy) is 1. The van der Waals surface area contributed by atoms with Crippen molar-refractivity contribution in [3.63, 3.8) is 0 Å². The summed E-state index contributed by atoms with van der Waals surface area (Å²) in [7, 11) is 0. The lowest BCUT2D eigenvalue weighted by molar-refractivity contribution is 0.162. The van der Waals surface area contributed by atoms with Crippen molar-refractivity contribution in [1.82, 2.24) is 10.3 Å². The number of pyridine rings is 1. The Kier molecular flexibility index (Phi) is 7.48. The molecule has 0 aliphatic carbocycles. The highest BCUT2D eigenvalue weighted by Crippen LogP contribution is 2.14. The van der Waals surface area contributed by atoms with Crippen LogP contribution in [0.5, 0.6) is 5.75 Å². The summed E-state index contributed by atoms with van der Waals surface area (Å²) < 4.78 is 5.78. The van der Waals surface area contributed by atoms with Gasteiger partial charge in [0.25, 0.3) is 0 Å². The number of hydrogen-bond acceptors (Lipinski definition) is 3. The van der Waals surface area contributed by atoms with Crippen LogP contribution in [-0.2, 0) is 0 Å². The van der Waals surface area contributed by atoms with Gasteiger partial charge in [-0.25, -0.2) is 0 Å². The second-order valence-electron chi connectivity index (χ2n) is 3.25. The number of hydrogen-bond donors (Lipinski definition) is 1. The molecule has 1 aliphatic rings. The number of nitrogens with one attached hydrogen (secondary N) is 1. The minimum absolute atomic E-state index is 0. The predicted octanol–water partition coefficient (Wildman–Crippen LogP) is 2.06. The first-order chi connectivity index (χ1) is 6.45. The largest absolute Gasteiger partial charge is 0.490 e. The molecule has 0 radical (unpaired) electrons. The molecule has 3 nitrogen and oxygen atoms in total. The van der Waals surface area contributed by atoms with Crippen molar-refractivity contribution in [2.24, 2.45) is 0 Å². The smallest absolute Gasteiger partial charge is 0.122 e. The van der Waals surface area contributed by atoms with E-state index in [1.165, 1.54) is 0 Å². The number of aromatic nitrogens is 1. The van der Waals surface area contributed by atoms with Gasteiger partial charge in [-0.3, -0.25) is 4.98 Å². The number of nitrogens with zero attached hydrogens (tertiary/aromatic N) is 1. The summed E-state index contributed by atoms with van der Waals surface area (Å²) in [5, 5.41) is 3.31. The average Bonchev–Trinajstić information content (AvgIpc) is 2.21. The van der Waals surface area contributed by atoms with Gasteiger partial charge in [0.1, 0.15) is 11.9 Å². The highest BCUT2D eigenvalue weighted by Gasteiger charge is 2.13. The quantitative estimate of drug-likeness (QED) is 0.873. The van der Waals surface area contributed by atoms with Gasteiger partial charge in [-0.15, -0.1) is 24.8 Å². The number of piperidine rings is 1. The molecule has 1 aromatic rings. The maximum absolute atomic E-state index is 5.78. The maximum Gasteiger partial charge on any atom is 0.122 e. The molecule has 5 heteroatoms. The molecule has 0 saturated carbocycles. The fourth-order valence-corrected chi connectivity index (χ4v) is 1.52. The van der Waals surface area contributed by atoms with E-state index in [2.05, 4.69) is 10.3 Å². The zero-order chi connectivity index (χ0) is 8.93. The molecule has 0 unspecified atom stereocenters. The van der Waals surface area contributed by atoms with E-state index in [9.17, 15) is 0 Å². The average molecular weight is 251 g/mol. The van der Waals surface area contributed by atoms with Crippen LogP contribution in [0.1, 0.15) is 12.8 Å². The molecular weight excluding hydrogens is 235 g/mol. The van der Waals surface area contributed by atoms with Crippen molar-refractivity contribution < 1.29 is 4.74 Å². The molecular formula is C10H16Cl2N2O. The normalized spacial score (nSPS) is 16.0. The van der Waals surface area contributed by atoms with Gasteiger partial charge in [0, 0.05) is 12.4 Å². The van der Waals surface area contributed by atoms with E-state index in [0.717, 1.165) is 31.7 Å². The van der Waals surface area contributed by atoms with E-state index in [0.29, 0.717) is 6.10 Å². The van der Waals surface area contributed by atoms with Crippen molar-refractivity contribution in [2.45, 2.75) is 18.9 Å². The summed E-state index contributed by atoms with van der Waals surface area (Å²) in [5.41, 5.74) is 0. The third-order valence-electron chi connectivity index (χ3n) is 2.24. The zero-order valence-corrected chi connectivity index (χ0v) is 10.0. The van der Waals surface area contributed by atoms with Gasteiger partial charge >= 0.3 is 0 Å². The van der Waals surface area contributed by atoms with Crippen LogP contribution in [0.3, 0.4) is 0 Å². The van der Waals surface area contributed by atoms with E-state index < -0.39 is 0 Å². The molecule has 0 aromatic carbocycles. The standard InChI is InChI=1S/C10H14N2O.2ClH/c1-5-11-6-2-9(1)13-10-3-7-12-8-4-10;;/h1-2,5-6,10,12H,3-4,7-8H2;2*1H. The molecule has 1 N–H and O–H groups in total. The minimum atomic E-state index is 0. The predicted molar refractivity (Wildman–Crippen MR) is 65.3 cm³/mol. The molecule has 1 fully saturated rings. The van der Waals surface area contributed by atoms with Gasteiger partial charge in [0.05, 0.1) is 0 Å². The van der Waals surface area contributed by atoms with Crippen molar-refractivity contribution in [1.29, 1.82) is 0 Å². The molecule has 1 saturated heterocycles. The monoisotopic (exact) mass is 250 g/mol. The highest BCUT2D eigenvalue weighted by molar-refractivity contribution is 5.85.